The molecule has 4 amide bonds. The molecule has 0 atom stereocenters. The van der Waals surface area contributed by atoms with E-state index in [1.165, 1.54) is 0 Å². The van der Waals surface area contributed by atoms with Gasteiger partial charge >= 0.3 is 0 Å². The number of carbonyl (C=O) groups excluding carboxylic acids is 4. The van der Waals surface area contributed by atoms with Gasteiger partial charge in [0.05, 0.1) is 4.91 Å². The molecule has 1 N–H and O–H groups in total. The topological polar surface area (TPSA) is 96.0 Å². The normalized spacial score (nSPS) is 17.1. The van der Waals surface area contributed by atoms with Crippen LogP contribution in [-0.4, -0.2) is 59.0 Å². The van der Waals surface area contributed by atoms with Gasteiger partial charge in [0.15, 0.2) is 6.61 Å². The maximum atomic E-state index is 12.7. The first-order valence-electron chi connectivity index (χ1n) is 11.2. The zero-order chi connectivity index (χ0) is 24.8. The summed E-state index contributed by atoms with van der Waals surface area (Å²) in [5, 5.41) is 2.84. The average Bonchev–Trinajstić information content (AvgIpc) is 3.12. The van der Waals surface area contributed by atoms with Gasteiger partial charge < -0.3 is 15.0 Å². The molecule has 0 saturated carbocycles. The number of halogens is 1. The molecule has 10 heteroatoms. The minimum atomic E-state index is -0.468. The van der Waals surface area contributed by atoms with Gasteiger partial charge in [-0.1, -0.05) is 23.7 Å². The molecule has 0 bridgehead atoms. The fourth-order valence-electron chi connectivity index (χ4n) is 3.71. The Morgan fingerprint density at radius 3 is 2.37 bits per heavy atom. The highest BCUT2D eigenvalue weighted by Crippen LogP contribution is 2.32. The molecule has 2 fully saturated rings. The minimum absolute atomic E-state index is 0.175. The number of hydrogen-bond donors (Lipinski definition) is 1. The van der Waals surface area contributed by atoms with Crippen LogP contribution in [0.25, 0.3) is 6.08 Å². The van der Waals surface area contributed by atoms with Crippen LogP contribution in [-0.2, 0) is 14.4 Å². The summed E-state index contributed by atoms with van der Waals surface area (Å²) in [5.74, 6) is -0.503. The lowest BCUT2D eigenvalue weighted by Gasteiger charge is -2.27. The molecule has 2 aliphatic rings. The Bertz CT molecular complexity index is 1140. The summed E-state index contributed by atoms with van der Waals surface area (Å²) in [5.41, 5.74) is 1.31. The fourth-order valence-corrected chi connectivity index (χ4v) is 4.67. The molecule has 182 valence electrons. The number of rotatable bonds is 7. The van der Waals surface area contributed by atoms with Gasteiger partial charge in [0, 0.05) is 23.8 Å². The van der Waals surface area contributed by atoms with E-state index in [9.17, 15) is 19.2 Å². The first kappa shape index (κ1) is 24.8. The number of hydrogen-bond acceptors (Lipinski definition) is 6. The Morgan fingerprint density at radius 2 is 1.69 bits per heavy atom. The highest BCUT2D eigenvalue weighted by atomic mass is 35.5. The number of likely N-dealkylation sites (tertiary alicyclic amines) is 1. The molecule has 0 radical (unpaired) electrons. The summed E-state index contributed by atoms with van der Waals surface area (Å²) in [6.07, 6.45) is 4.59. The van der Waals surface area contributed by atoms with Gasteiger partial charge in [-0.15, -0.1) is 0 Å². The number of piperidine rings is 1. The predicted molar refractivity (Wildman–Crippen MR) is 135 cm³/mol. The third-order valence-corrected chi connectivity index (χ3v) is 6.71. The summed E-state index contributed by atoms with van der Waals surface area (Å²) < 4.78 is 5.51. The second-order valence-corrected chi connectivity index (χ2v) is 9.55. The van der Waals surface area contributed by atoms with Gasteiger partial charge in [-0.2, -0.15) is 0 Å². The fraction of sp³-hybridized carbons (Fsp3) is 0.280. The molecule has 0 unspecified atom stereocenters. The van der Waals surface area contributed by atoms with Crippen molar-refractivity contribution in [3.63, 3.8) is 0 Å². The van der Waals surface area contributed by atoms with E-state index in [-0.39, 0.29) is 29.9 Å². The lowest BCUT2D eigenvalue weighted by molar-refractivity contribution is -0.136. The average molecular weight is 514 g/mol. The lowest BCUT2D eigenvalue weighted by Crippen LogP contribution is -2.44. The number of imide groups is 1. The summed E-state index contributed by atoms with van der Waals surface area (Å²) in [6.45, 7) is 0.934. The van der Waals surface area contributed by atoms with E-state index >= 15 is 0 Å². The van der Waals surface area contributed by atoms with E-state index in [0.29, 0.717) is 35.1 Å². The van der Waals surface area contributed by atoms with Crippen LogP contribution in [0.5, 0.6) is 5.75 Å². The Kier molecular flexibility index (Phi) is 8.09. The second kappa shape index (κ2) is 11.4. The summed E-state index contributed by atoms with van der Waals surface area (Å²) in [6, 6.07) is 13.5. The molecular weight excluding hydrogens is 490 g/mol. The highest BCUT2D eigenvalue weighted by molar-refractivity contribution is 8.18. The van der Waals surface area contributed by atoms with Crippen LogP contribution in [0.1, 0.15) is 24.8 Å². The number of anilines is 1. The van der Waals surface area contributed by atoms with Gasteiger partial charge in [0.25, 0.3) is 17.1 Å². The molecule has 4 rings (SSSR count). The number of ether oxygens (including phenoxy) is 1. The molecule has 8 nitrogen and oxygen atoms in total. The summed E-state index contributed by atoms with van der Waals surface area (Å²) >= 11 is 6.65. The van der Waals surface area contributed by atoms with Gasteiger partial charge in [-0.05, 0) is 79.1 Å². The van der Waals surface area contributed by atoms with Crippen molar-refractivity contribution in [2.75, 3.05) is 31.6 Å². The lowest BCUT2D eigenvalue weighted by atomic mass is 10.1. The van der Waals surface area contributed by atoms with E-state index in [1.54, 1.807) is 59.5 Å². The minimum Gasteiger partial charge on any atom is -0.484 e. The van der Waals surface area contributed by atoms with Gasteiger partial charge in [-0.3, -0.25) is 24.1 Å². The largest absolute Gasteiger partial charge is 0.484 e. The van der Waals surface area contributed by atoms with E-state index in [2.05, 4.69) is 5.32 Å². The van der Waals surface area contributed by atoms with Gasteiger partial charge in [0.1, 0.15) is 12.3 Å². The van der Waals surface area contributed by atoms with Crippen molar-refractivity contribution in [1.29, 1.82) is 0 Å². The number of amides is 4. The van der Waals surface area contributed by atoms with Crippen molar-refractivity contribution in [1.82, 2.24) is 9.80 Å². The smallest absolute Gasteiger partial charge is 0.294 e. The third-order valence-electron chi connectivity index (χ3n) is 5.55. The maximum absolute atomic E-state index is 12.7. The standard InChI is InChI=1S/C25H24ClN3O5S/c26-18-6-8-19(9-7-18)27-22(30)16-34-20-10-4-17(5-11-20)14-21-24(32)29(25(33)35-21)15-23(31)28-12-2-1-3-13-28/h4-11,14H,1-3,12-13,15-16H2,(H,27,30)/b21-14-. The van der Waals surface area contributed by atoms with Gasteiger partial charge in [-0.25, -0.2) is 0 Å². The van der Waals surface area contributed by atoms with Crippen LogP contribution in [0.2, 0.25) is 5.02 Å². The van der Waals surface area contributed by atoms with Gasteiger partial charge in [0.2, 0.25) is 5.91 Å². The van der Waals surface area contributed by atoms with Crippen molar-refractivity contribution < 1.29 is 23.9 Å². The van der Waals surface area contributed by atoms with Crippen molar-refractivity contribution >= 4 is 58.1 Å². The van der Waals surface area contributed by atoms with Crippen LogP contribution >= 0.6 is 23.4 Å². The third kappa shape index (κ3) is 6.64. The molecule has 0 aliphatic carbocycles. The molecule has 0 spiro atoms. The number of nitrogens with one attached hydrogen (secondary N) is 1. The Balaban J connectivity index is 1.30. The summed E-state index contributed by atoms with van der Waals surface area (Å²) in [4.78, 5) is 52.6. The van der Waals surface area contributed by atoms with Crippen LogP contribution in [0.3, 0.4) is 0 Å². The molecule has 2 saturated heterocycles. The van der Waals surface area contributed by atoms with E-state index in [1.807, 2.05) is 0 Å². The highest BCUT2D eigenvalue weighted by Gasteiger charge is 2.37. The number of benzene rings is 2. The molecule has 2 aromatic rings. The van der Waals surface area contributed by atoms with Crippen LogP contribution < -0.4 is 10.1 Å². The van der Waals surface area contributed by atoms with Crippen LogP contribution in [0, 0.1) is 0 Å². The molecular formula is C25H24ClN3O5S. The quantitative estimate of drug-likeness (QED) is 0.551. The zero-order valence-electron chi connectivity index (χ0n) is 18.9. The van der Waals surface area contributed by atoms with E-state index < -0.39 is 11.1 Å². The second-order valence-electron chi connectivity index (χ2n) is 8.12. The summed E-state index contributed by atoms with van der Waals surface area (Å²) in [7, 11) is 0. The van der Waals surface area contributed by atoms with Crippen molar-refractivity contribution in [3.05, 3.63) is 64.0 Å². The van der Waals surface area contributed by atoms with E-state index in [0.717, 1.165) is 35.9 Å². The van der Waals surface area contributed by atoms with Crippen molar-refractivity contribution in [2.24, 2.45) is 0 Å². The predicted octanol–water partition coefficient (Wildman–Crippen LogP) is 4.41. The number of nitrogens with zero attached hydrogens (tertiary/aromatic N) is 2. The molecule has 2 aromatic carbocycles. The Labute approximate surface area is 212 Å². The SMILES string of the molecule is O=C(COc1ccc(/C=C2\SC(=O)N(CC(=O)N3CCCCC3)C2=O)cc1)Nc1ccc(Cl)cc1. The molecule has 35 heavy (non-hydrogen) atoms. The number of carbonyl (C=O) groups is 4. The first-order valence-corrected chi connectivity index (χ1v) is 12.4. The molecule has 2 heterocycles. The Hall–Kier alpha value is -3.30. The zero-order valence-corrected chi connectivity index (χ0v) is 20.4. The Morgan fingerprint density at radius 1 is 1.00 bits per heavy atom. The molecule has 0 aromatic heterocycles. The van der Waals surface area contributed by atoms with Crippen LogP contribution in [0.15, 0.2) is 53.4 Å². The van der Waals surface area contributed by atoms with E-state index in [4.69, 9.17) is 16.3 Å². The monoisotopic (exact) mass is 513 g/mol. The van der Waals surface area contributed by atoms with Crippen molar-refractivity contribution in [3.8, 4) is 5.75 Å². The first-order chi connectivity index (χ1) is 16.9. The van der Waals surface area contributed by atoms with Crippen molar-refractivity contribution in [2.45, 2.75) is 19.3 Å². The number of thioether (sulfide) groups is 1. The molecule has 2 aliphatic heterocycles. The maximum Gasteiger partial charge on any atom is 0.294 e. The van der Waals surface area contributed by atoms with Crippen LogP contribution in [0.4, 0.5) is 10.5 Å².